The summed E-state index contributed by atoms with van der Waals surface area (Å²) in [6.45, 7) is 10.3. The summed E-state index contributed by atoms with van der Waals surface area (Å²) in [5.74, 6) is 0.709. The highest BCUT2D eigenvalue weighted by Crippen LogP contribution is 2.29. The molecule has 0 aliphatic heterocycles. The number of carbonyl (C=O) groups excluding carboxylic acids is 1. The normalized spacial score (nSPS) is 10.0. The second-order valence-electron chi connectivity index (χ2n) is 5.75. The third-order valence-electron chi connectivity index (χ3n) is 3.78. The molecule has 2 N–H and O–H groups in total. The maximum atomic E-state index is 11.7. The highest BCUT2D eigenvalue weighted by molar-refractivity contribution is 5.95. The molecule has 2 aromatic carbocycles. The minimum absolute atomic E-state index is 0.134. The van der Waals surface area contributed by atoms with Gasteiger partial charge in [-0.2, -0.15) is 5.26 Å². The summed E-state index contributed by atoms with van der Waals surface area (Å²) in [4.78, 5) is 11.7. The summed E-state index contributed by atoms with van der Waals surface area (Å²) in [5.41, 5.74) is 3.42. The van der Waals surface area contributed by atoms with E-state index >= 15 is 0 Å². The number of hydrogen-bond donors (Lipinski definition) is 2. The van der Waals surface area contributed by atoms with Crippen LogP contribution in [0.5, 0.6) is 5.75 Å². The Hall–Kier alpha value is -3.72. The molecule has 30 heavy (non-hydrogen) atoms. The number of benzene rings is 2. The average molecular weight is 408 g/mol. The molecule has 0 radical (unpaired) electrons. The molecule has 2 rings (SSSR count). The first kappa shape index (κ1) is 24.3. The average Bonchev–Trinajstić information content (AvgIpc) is 2.78. The Morgan fingerprint density at radius 3 is 2.63 bits per heavy atom. The second kappa shape index (κ2) is 13.5. The maximum Gasteiger partial charge on any atom is 0.411 e. The third-order valence-corrected chi connectivity index (χ3v) is 3.78. The number of methoxy groups -OCH3 is 1. The molecule has 6 nitrogen and oxygen atoms in total. The van der Waals surface area contributed by atoms with E-state index in [1.54, 1.807) is 31.4 Å². The number of ether oxygens (including phenoxy) is 2. The van der Waals surface area contributed by atoms with Gasteiger partial charge in [-0.3, -0.25) is 5.32 Å². The van der Waals surface area contributed by atoms with Crippen molar-refractivity contribution in [2.45, 2.75) is 20.8 Å². The molecule has 0 fully saturated rings. The number of allylic oxidation sites excluding steroid dienone is 1. The van der Waals surface area contributed by atoms with E-state index in [2.05, 4.69) is 23.3 Å². The van der Waals surface area contributed by atoms with Gasteiger partial charge < -0.3 is 14.8 Å². The standard InChI is InChI=1S/C22H23N3O3.C2H6/c1-4-11-28-22(26)25-18-8-6-7-16(13-18)12-17(15-23)20-10-9-19(27-3)14-21(20)24-5-2;1-2/h4,6-10,12-14,24H,1,5,11H2,2-3H3,(H,25,26);1-2H3/b17-12+;. The third kappa shape index (κ3) is 7.36. The maximum absolute atomic E-state index is 11.7. The number of hydrogen-bond acceptors (Lipinski definition) is 5. The summed E-state index contributed by atoms with van der Waals surface area (Å²) in [6.07, 6.45) is 2.70. The number of amides is 1. The first-order valence-electron chi connectivity index (χ1n) is 9.80. The molecule has 6 heteroatoms. The van der Waals surface area contributed by atoms with E-state index in [9.17, 15) is 10.1 Å². The fourth-order valence-corrected chi connectivity index (χ4v) is 2.55. The van der Waals surface area contributed by atoms with E-state index in [0.717, 1.165) is 16.8 Å². The van der Waals surface area contributed by atoms with Crippen LogP contribution in [-0.4, -0.2) is 26.4 Å². The number of rotatable bonds is 8. The van der Waals surface area contributed by atoms with Crippen molar-refractivity contribution >= 4 is 29.1 Å². The van der Waals surface area contributed by atoms with Crippen molar-refractivity contribution in [3.8, 4) is 11.8 Å². The van der Waals surface area contributed by atoms with Crippen LogP contribution in [0.25, 0.3) is 11.6 Å². The molecule has 0 spiro atoms. The minimum atomic E-state index is -0.564. The summed E-state index contributed by atoms with van der Waals surface area (Å²) in [5, 5.41) is 15.6. The topological polar surface area (TPSA) is 83.4 Å². The first-order valence-corrected chi connectivity index (χ1v) is 9.80. The Kier molecular flexibility index (Phi) is 10.9. The van der Waals surface area contributed by atoms with E-state index in [1.807, 2.05) is 45.0 Å². The molecule has 158 valence electrons. The van der Waals surface area contributed by atoms with Gasteiger partial charge in [0, 0.05) is 29.5 Å². The van der Waals surface area contributed by atoms with Crippen LogP contribution in [-0.2, 0) is 4.74 Å². The van der Waals surface area contributed by atoms with Crippen LogP contribution < -0.4 is 15.4 Å². The number of nitriles is 1. The van der Waals surface area contributed by atoms with E-state index in [-0.39, 0.29) is 6.61 Å². The molecule has 0 aliphatic carbocycles. The smallest absolute Gasteiger partial charge is 0.411 e. The van der Waals surface area contributed by atoms with Gasteiger partial charge in [-0.15, -0.1) is 0 Å². The lowest BCUT2D eigenvalue weighted by atomic mass is 10.0. The van der Waals surface area contributed by atoms with Crippen LogP contribution in [0.2, 0.25) is 0 Å². The Labute approximate surface area is 178 Å². The predicted octanol–water partition coefficient (Wildman–Crippen LogP) is 5.95. The molecule has 0 atom stereocenters. The number of carbonyl (C=O) groups is 1. The molecule has 0 aromatic heterocycles. The quantitative estimate of drug-likeness (QED) is 0.321. The zero-order chi connectivity index (χ0) is 22.4. The highest BCUT2D eigenvalue weighted by atomic mass is 16.5. The SMILES string of the molecule is C=CCOC(=O)Nc1cccc(/C=C(\C#N)c2ccc(OC)cc2NCC)c1.CC. The molecule has 1 amide bonds. The van der Waals surface area contributed by atoms with E-state index in [1.165, 1.54) is 6.08 Å². The summed E-state index contributed by atoms with van der Waals surface area (Å²) in [6, 6.07) is 14.9. The molecule has 2 aromatic rings. The molecule has 0 bridgehead atoms. The summed E-state index contributed by atoms with van der Waals surface area (Å²) >= 11 is 0. The zero-order valence-corrected chi connectivity index (χ0v) is 18.0. The van der Waals surface area contributed by atoms with Crippen molar-refractivity contribution in [2.75, 3.05) is 30.9 Å². The van der Waals surface area contributed by atoms with Crippen LogP contribution in [0, 0.1) is 11.3 Å². The van der Waals surface area contributed by atoms with Crippen molar-refractivity contribution < 1.29 is 14.3 Å². The monoisotopic (exact) mass is 407 g/mol. The number of nitrogens with zero attached hydrogens (tertiary/aromatic N) is 1. The van der Waals surface area contributed by atoms with Crippen molar-refractivity contribution in [1.82, 2.24) is 0 Å². The fourth-order valence-electron chi connectivity index (χ4n) is 2.55. The van der Waals surface area contributed by atoms with E-state index in [4.69, 9.17) is 9.47 Å². The molecular formula is C24H29N3O3. The van der Waals surface area contributed by atoms with E-state index in [0.29, 0.717) is 23.6 Å². The predicted molar refractivity (Wildman–Crippen MR) is 124 cm³/mol. The first-order chi connectivity index (χ1) is 14.6. The number of anilines is 2. The zero-order valence-electron chi connectivity index (χ0n) is 18.0. The van der Waals surface area contributed by atoms with Gasteiger partial charge in [0.25, 0.3) is 0 Å². The van der Waals surface area contributed by atoms with Gasteiger partial charge in [0.2, 0.25) is 0 Å². The lowest BCUT2D eigenvalue weighted by Gasteiger charge is -2.12. The van der Waals surface area contributed by atoms with Gasteiger partial charge in [0.1, 0.15) is 12.4 Å². The van der Waals surface area contributed by atoms with Crippen molar-refractivity contribution in [1.29, 1.82) is 5.26 Å². The Balaban J connectivity index is 0.00000218. The van der Waals surface area contributed by atoms with Gasteiger partial charge >= 0.3 is 6.09 Å². The molecule has 0 unspecified atom stereocenters. The Morgan fingerprint density at radius 1 is 1.23 bits per heavy atom. The van der Waals surface area contributed by atoms with Gasteiger partial charge in [-0.1, -0.05) is 38.6 Å². The van der Waals surface area contributed by atoms with Crippen LogP contribution in [0.4, 0.5) is 16.2 Å². The molecule has 0 saturated carbocycles. The summed E-state index contributed by atoms with van der Waals surface area (Å²) < 4.78 is 10.2. The second-order valence-corrected chi connectivity index (χ2v) is 5.75. The fraction of sp³-hybridized carbons (Fsp3) is 0.250. The van der Waals surface area contributed by atoms with Gasteiger partial charge in [-0.05, 0) is 42.8 Å². The van der Waals surface area contributed by atoms with Crippen molar-refractivity contribution in [3.63, 3.8) is 0 Å². The Bertz CT molecular complexity index is 914. The van der Waals surface area contributed by atoms with Crippen LogP contribution in [0.15, 0.2) is 55.1 Å². The van der Waals surface area contributed by atoms with Crippen molar-refractivity contribution in [3.05, 3.63) is 66.2 Å². The Morgan fingerprint density at radius 2 is 2.00 bits per heavy atom. The summed E-state index contributed by atoms with van der Waals surface area (Å²) in [7, 11) is 1.60. The minimum Gasteiger partial charge on any atom is -0.497 e. The number of nitrogens with one attached hydrogen (secondary N) is 2. The molecule has 0 saturated heterocycles. The lowest BCUT2D eigenvalue weighted by molar-refractivity contribution is 0.174. The molecular weight excluding hydrogens is 378 g/mol. The van der Waals surface area contributed by atoms with E-state index < -0.39 is 6.09 Å². The lowest BCUT2D eigenvalue weighted by Crippen LogP contribution is -2.13. The van der Waals surface area contributed by atoms with Crippen LogP contribution in [0.3, 0.4) is 0 Å². The van der Waals surface area contributed by atoms with Gasteiger partial charge in [-0.25, -0.2) is 4.79 Å². The van der Waals surface area contributed by atoms with Crippen LogP contribution >= 0.6 is 0 Å². The largest absolute Gasteiger partial charge is 0.497 e. The van der Waals surface area contributed by atoms with Gasteiger partial charge in [0.05, 0.1) is 18.8 Å². The van der Waals surface area contributed by atoms with Gasteiger partial charge in [0.15, 0.2) is 0 Å². The van der Waals surface area contributed by atoms with Crippen LogP contribution in [0.1, 0.15) is 31.9 Å². The van der Waals surface area contributed by atoms with Crippen molar-refractivity contribution in [2.24, 2.45) is 0 Å². The highest BCUT2D eigenvalue weighted by Gasteiger charge is 2.10. The molecule has 0 heterocycles. The molecule has 0 aliphatic rings.